The molecule has 6 heteroatoms. The van der Waals surface area contributed by atoms with Crippen molar-refractivity contribution in [3.05, 3.63) is 53.6 Å². The van der Waals surface area contributed by atoms with Crippen LogP contribution in [0.25, 0.3) is 11.1 Å². The molecule has 0 radical (unpaired) electrons. The number of ether oxygens (including phenoxy) is 3. The molecule has 1 unspecified atom stereocenters. The fourth-order valence-corrected chi connectivity index (χ4v) is 5.13. The second-order valence-corrected chi connectivity index (χ2v) is 12.1. The van der Waals surface area contributed by atoms with Crippen LogP contribution in [0.2, 0.25) is 0 Å². The van der Waals surface area contributed by atoms with E-state index in [1.54, 1.807) is 13.2 Å². The zero-order chi connectivity index (χ0) is 26.3. The van der Waals surface area contributed by atoms with Crippen LogP contribution in [-0.4, -0.2) is 48.4 Å². The Morgan fingerprint density at radius 2 is 1.50 bits per heavy atom. The minimum atomic E-state index is -0.553. The van der Waals surface area contributed by atoms with Gasteiger partial charge in [0.1, 0.15) is 17.0 Å². The highest BCUT2D eigenvalue weighted by Crippen LogP contribution is 2.65. The van der Waals surface area contributed by atoms with E-state index in [1.807, 2.05) is 58.6 Å². The number of hydrogen-bond donors (Lipinski definition) is 0. The number of likely N-dealkylation sites (tertiary alicyclic amines) is 1. The van der Waals surface area contributed by atoms with E-state index in [-0.39, 0.29) is 17.5 Å². The lowest BCUT2D eigenvalue weighted by atomic mass is 9.88. The third-order valence-electron chi connectivity index (χ3n) is 7.06. The Hall–Kier alpha value is -3.02. The molecule has 0 N–H and O–H groups in total. The molecule has 194 valence electrons. The molecule has 6 nitrogen and oxygen atoms in total. The minimum absolute atomic E-state index is 0.207. The number of rotatable bonds is 4. The summed E-state index contributed by atoms with van der Waals surface area (Å²) >= 11 is 0. The average Bonchev–Trinajstić information content (AvgIpc) is 3.49. The van der Waals surface area contributed by atoms with E-state index in [1.165, 1.54) is 5.56 Å². The van der Waals surface area contributed by atoms with Crippen LogP contribution < -0.4 is 4.74 Å². The molecule has 1 atom stereocenters. The summed E-state index contributed by atoms with van der Waals surface area (Å²) in [5.74, 6) is 0.885. The first-order chi connectivity index (χ1) is 16.8. The lowest BCUT2D eigenvalue weighted by molar-refractivity contribution is 0.00682. The summed E-state index contributed by atoms with van der Waals surface area (Å²) < 4.78 is 16.7. The topological polar surface area (TPSA) is 65.1 Å². The zero-order valence-corrected chi connectivity index (χ0v) is 22.6. The van der Waals surface area contributed by atoms with Crippen molar-refractivity contribution in [1.82, 2.24) is 4.90 Å². The van der Waals surface area contributed by atoms with Crippen LogP contribution in [0.1, 0.15) is 82.6 Å². The van der Waals surface area contributed by atoms with E-state index >= 15 is 0 Å². The van der Waals surface area contributed by atoms with Gasteiger partial charge in [-0.15, -0.1) is 0 Å². The van der Waals surface area contributed by atoms with Crippen LogP contribution in [0.4, 0.5) is 4.79 Å². The van der Waals surface area contributed by atoms with Gasteiger partial charge in [-0.05, 0) is 101 Å². The Labute approximate surface area is 214 Å². The second kappa shape index (κ2) is 9.45. The molecule has 1 amide bonds. The predicted octanol–water partition coefficient (Wildman–Crippen LogP) is 6.82. The van der Waals surface area contributed by atoms with E-state index in [2.05, 4.69) is 24.3 Å². The molecule has 2 aromatic rings. The number of carbonyl (C=O) groups excluding carboxylic acids is 2. The van der Waals surface area contributed by atoms with Gasteiger partial charge in [-0.2, -0.15) is 0 Å². The molecule has 0 aromatic heterocycles. The number of benzene rings is 2. The number of methoxy groups -OCH3 is 1. The normalized spacial score (nSPS) is 19.1. The maximum absolute atomic E-state index is 12.6. The summed E-state index contributed by atoms with van der Waals surface area (Å²) in [7, 11) is 1.64. The highest BCUT2D eigenvalue weighted by Gasteiger charge is 2.55. The van der Waals surface area contributed by atoms with Crippen LogP contribution in [0.3, 0.4) is 0 Å². The Morgan fingerprint density at radius 1 is 0.889 bits per heavy atom. The quantitative estimate of drug-likeness (QED) is 0.437. The molecule has 1 saturated carbocycles. The van der Waals surface area contributed by atoms with Gasteiger partial charge in [-0.3, -0.25) is 0 Å². The summed E-state index contributed by atoms with van der Waals surface area (Å²) in [5, 5.41) is 0. The number of hydrogen-bond acceptors (Lipinski definition) is 5. The van der Waals surface area contributed by atoms with Crippen LogP contribution in [0.15, 0.2) is 42.5 Å². The first kappa shape index (κ1) is 26.1. The SMILES string of the molecule is COc1ccc(C(=O)OC(C)(C)C)cc1-c1ccc(C2CC23CCN(C(=O)OC(C)(C)C)CC3)cc1. The van der Waals surface area contributed by atoms with E-state index in [0.29, 0.717) is 17.2 Å². The van der Waals surface area contributed by atoms with E-state index < -0.39 is 11.2 Å². The summed E-state index contributed by atoms with van der Waals surface area (Å²) in [6, 6.07) is 14.0. The largest absolute Gasteiger partial charge is 0.496 e. The van der Waals surface area contributed by atoms with E-state index in [0.717, 1.165) is 43.5 Å². The molecule has 2 aromatic carbocycles. The van der Waals surface area contributed by atoms with Crippen molar-refractivity contribution < 1.29 is 23.8 Å². The molecule has 1 spiro atoms. The third kappa shape index (κ3) is 5.85. The maximum Gasteiger partial charge on any atom is 0.410 e. The van der Waals surface area contributed by atoms with Gasteiger partial charge in [0.25, 0.3) is 0 Å². The standard InChI is InChI=1S/C30H39NO5/c1-28(2,3)35-26(32)22-12-13-25(34-7)23(18-22)20-8-10-21(11-9-20)24-19-30(24)14-16-31(17-15-30)27(33)36-29(4,5)6/h8-13,18,24H,14-17,19H2,1-7H3. The van der Waals surface area contributed by atoms with Crippen LogP contribution in [0, 0.1) is 5.41 Å². The first-order valence-electron chi connectivity index (χ1n) is 12.8. The summed E-state index contributed by atoms with van der Waals surface area (Å²) in [4.78, 5) is 26.9. The van der Waals surface area contributed by atoms with Gasteiger partial charge in [-0.25, -0.2) is 9.59 Å². The van der Waals surface area contributed by atoms with Gasteiger partial charge in [-0.1, -0.05) is 24.3 Å². The van der Waals surface area contributed by atoms with E-state index in [4.69, 9.17) is 14.2 Å². The van der Waals surface area contributed by atoms with Crippen LogP contribution in [0.5, 0.6) is 5.75 Å². The summed E-state index contributed by atoms with van der Waals surface area (Å²) in [5.41, 5.74) is 2.95. The molecule has 1 aliphatic heterocycles. The third-order valence-corrected chi connectivity index (χ3v) is 7.06. The number of nitrogens with zero attached hydrogens (tertiary/aromatic N) is 1. The van der Waals surface area contributed by atoms with Crippen molar-refractivity contribution in [1.29, 1.82) is 0 Å². The van der Waals surface area contributed by atoms with Crippen molar-refractivity contribution in [2.24, 2.45) is 5.41 Å². The predicted molar refractivity (Wildman–Crippen MR) is 140 cm³/mol. The van der Waals surface area contributed by atoms with Crippen LogP contribution >= 0.6 is 0 Å². The maximum atomic E-state index is 12.6. The smallest absolute Gasteiger partial charge is 0.410 e. The summed E-state index contributed by atoms with van der Waals surface area (Å²) in [6.45, 7) is 12.8. The lowest BCUT2D eigenvalue weighted by Gasteiger charge is -2.34. The fraction of sp³-hybridized carbons (Fsp3) is 0.533. The molecular formula is C30H39NO5. The van der Waals surface area contributed by atoms with Gasteiger partial charge in [0.05, 0.1) is 12.7 Å². The molecule has 4 rings (SSSR count). The molecule has 0 bridgehead atoms. The Bertz CT molecular complexity index is 1120. The monoisotopic (exact) mass is 493 g/mol. The highest BCUT2D eigenvalue weighted by molar-refractivity contribution is 5.92. The number of amides is 1. The van der Waals surface area contributed by atoms with Gasteiger partial charge >= 0.3 is 12.1 Å². The van der Waals surface area contributed by atoms with Crippen LogP contribution in [-0.2, 0) is 9.47 Å². The second-order valence-electron chi connectivity index (χ2n) is 12.1. The van der Waals surface area contributed by atoms with Gasteiger partial charge in [0.2, 0.25) is 0 Å². The number of carbonyl (C=O) groups is 2. The molecule has 36 heavy (non-hydrogen) atoms. The Kier molecular flexibility index (Phi) is 6.84. The van der Waals surface area contributed by atoms with Gasteiger partial charge in [0.15, 0.2) is 0 Å². The molecule has 1 heterocycles. The molecule has 1 saturated heterocycles. The van der Waals surface area contributed by atoms with Crippen molar-refractivity contribution in [3.8, 4) is 16.9 Å². The molecular weight excluding hydrogens is 454 g/mol. The van der Waals surface area contributed by atoms with Crippen molar-refractivity contribution in [3.63, 3.8) is 0 Å². The Balaban J connectivity index is 1.44. The van der Waals surface area contributed by atoms with Gasteiger partial charge < -0.3 is 19.1 Å². The van der Waals surface area contributed by atoms with Crippen molar-refractivity contribution in [2.75, 3.05) is 20.2 Å². The summed E-state index contributed by atoms with van der Waals surface area (Å²) in [6.07, 6.45) is 2.96. The zero-order valence-electron chi connectivity index (χ0n) is 22.6. The molecule has 2 aliphatic rings. The molecule has 2 fully saturated rings. The lowest BCUT2D eigenvalue weighted by Crippen LogP contribution is -2.42. The number of esters is 1. The first-order valence-corrected chi connectivity index (χ1v) is 12.8. The van der Waals surface area contributed by atoms with Gasteiger partial charge in [0, 0.05) is 18.7 Å². The fourth-order valence-electron chi connectivity index (χ4n) is 5.13. The van der Waals surface area contributed by atoms with E-state index in [9.17, 15) is 9.59 Å². The minimum Gasteiger partial charge on any atom is -0.496 e. The van der Waals surface area contributed by atoms with Crippen molar-refractivity contribution >= 4 is 12.1 Å². The highest BCUT2D eigenvalue weighted by atomic mass is 16.6. The average molecular weight is 494 g/mol. The molecule has 1 aliphatic carbocycles. The Morgan fingerprint density at radius 3 is 2.06 bits per heavy atom. The number of piperidine rings is 1. The van der Waals surface area contributed by atoms with Crippen molar-refractivity contribution in [2.45, 2.75) is 77.9 Å².